The van der Waals surface area contributed by atoms with Gasteiger partial charge in [-0.2, -0.15) is 0 Å². The van der Waals surface area contributed by atoms with Crippen molar-refractivity contribution in [3.05, 3.63) is 93.4 Å². The molecule has 0 aliphatic carbocycles. The van der Waals surface area contributed by atoms with E-state index in [1.165, 1.54) is 6.07 Å². The van der Waals surface area contributed by atoms with Crippen LogP contribution in [0.4, 0.5) is 0 Å². The van der Waals surface area contributed by atoms with Gasteiger partial charge >= 0.3 is 5.97 Å². The van der Waals surface area contributed by atoms with E-state index in [0.29, 0.717) is 28.3 Å². The monoisotopic (exact) mass is 464 g/mol. The van der Waals surface area contributed by atoms with Gasteiger partial charge in [-0.1, -0.05) is 29.8 Å². The lowest BCUT2D eigenvalue weighted by Gasteiger charge is -2.23. The molecule has 1 aliphatic heterocycles. The number of fused-ring (bicyclic) bond motifs is 1. The van der Waals surface area contributed by atoms with E-state index in [9.17, 15) is 14.4 Å². The topological polar surface area (TPSA) is 104 Å². The number of aromatic amines is 1. The average molecular weight is 465 g/mol. The first kappa shape index (κ1) is 22.3. The second kappa shape index (κ2) is 10.1. The SMILES string of the molecule is O=C(NC(Cc1cc(=O)[nH]c2ccccc12)C(=O)OCN1C=CC=NC1)c1ccc(Cl)cc1. The smallest absolute Gasteiger partial charge is 0.330 e. The number of H-pyrrole nitrogens is 1. The van der Waals surface area contributed by atoms with E-state index < -0.39 is 17.9 Å². The van der Waals surface area contributed by atoms with Crippen LogP contribution in [0, 0.1) is 0 Å². The van der Waals surface area contributed by atoms with Crippen LogP contribution < -0.4 is 10.9 Å². The number of rotatable bonds is 7. The Morgan fingerprint density at radius 2 is 1.97 bits per heavy atom. The van der Waals surface area contributed by atoms with Gasteiger partial charge in [0.15, 0.2) is 6.73 Å². The third-order valence-electron chi connectivity index (χ3n) is 5.08. The Morgan fingerprint density at radius 3 is 2.73 bits per heavy atom. The van der Waals surface area contributed by atoms with Gasteiger partial charge in [-0.25, -0.2) is 4.79 Å². The number of nitrogens with zero attached hydrogens (tertiary/aromatic N) is 2. The van der Waals surface area contributed by atoms with Crippen molar-refractivity contribution in [3.8, 4) is 0 Å². The number of nitrogens with one attached hydrogen (secondary N) is 2. The molecule has 2 N–H and O–H groups in total. The maximum Gasteiger partial charge on any atom is 0.330 e. The van der Waals surface area contributed by atoms with Crippen LogP contribution >= 0.6 is 11.6 Å². The van der Waals surface area contributed by atoms with E-state index in [0.717, 1.165) is 5.39 Å². The van der Waals surface area contributed by atoms with Gasteiger partial charge in [0.2, 0.25) is 5.56 Å². The number of esters is 1. The van der Waals surface area contributed by atoms with Crippen LogP contribution in [0.5, 0.6) is 0 Å². The number of benzene rings is 2. The molecule has 0 radical (unpaired) electrons. The minimum absolute atomic E-state index is 0.0177. The predicted octanol–water partition coefficient (Wildman–Crippen LogP) is 2.88. The van der Waals surface area contributed by atoms with Crippen LogP contribution in [-0.4, -0.2) is 47.4 Å². The molecule has 1 aromatic heterocycles. The summed E-state index contributed by atoms with van der Waals surface area (Å²) in [5.41, 5.74) is 1.32. The zero-order valence-corrected chi connectivity index (χ0v) is 18.3. The van der Waals surface area contributed by atoms with Crippen LogP contribution in [-0.2, 0) is 16.0 Å². The number of carbonyl (C=O) groups is 2. The summed E-state index contributed by atoms with van der Waals surface area (Å²) < 4.78 is 5.45. The van der Waals surface area contributed by atoms with Crippen LogP contribution in [0.2, 0.25) is 5.02 Å². The number of halogens is 1. The van der Waals surface area contributed by atoms with Gasteiger partial charge in [0.05, 0.1) is 0 Å². The third kappa shape index (κ3) is 5.67. The quantitative estimate of drug-likeness (QED) is 0.523. The molecular weight excluding hydrogens is 444 g/mol. The lowest BCUT2D eigenvalue weighted by atomic mass is 10.0. The summed E-state index contributed by atoms with van der Waals surface area (Å²) in [5.74, 6) is -1.07. The Hall–Kier alpha value is -3.91. The van der Waals surface area contributed by atoms with Crippen LogP contribution in [0.1, 0.15) is 15.9 Å². The summed E-state index contributed by atoms with van der Waals surface area (Å²) in [5, 5.41) is 4.01. The van der Waals surface area contributed by atoms with Gasteiger partial charge in [0.1, 0.15) is 12.7 Å². The molecule has 3 aromatic rings. The van der Waals surface area contributed by atoms with Gasteiger partial charge in [0.25, 0.3) is 5.91 Å². The molecule has 1 atom stereocenters. The van der Waals surface area contributed by atoms with Crippen molar-refractivity contribution in [3.63, 3.8) is 0 Å². The van der Waals surface area contributed by atoms with Crippen LogP contribution in [0.15, 0.2) is 76.7 Å². The zero-order valence-electron chi connectivity index (χ0n) is 17.5. The first-order chi connectivity index (χ1) is 16.0. The van der Waals surface area contributed by atoms with Gasteiger partial charge < -0.3 is 19.9 Å². The summed E-state index contributed by atoms with van der Waals surface area (Å²) in [6.07, 6.45) is 5.23. The maximum absolute atomic E-state index is 13.0. The molecular formula is C24H21ClN4O4. The molecule has 0 bridgehead atoms. The van der Waals surface area contributed by atoms with Crippen molar-refractivity contribution in [1.29, 1.82) is 0 Å². The van der Waals surface area contributed by atoms with E-state index in [2.05, 4.69) is 15.3 Å². The standard InChI is InChI=1S/C24H21ClN4O4/c25-18-8-6-16(7-9-18)23(31)28-21(24(32)33-15-29-11-3-10-26-14-29)12-17-13-22(30)27-20-5-2-1-4-19(17)20/h1-11,13,21H,12,14-15H2,(H,27,30)(H,28,31). The Labute approximate surface area is 194 Å². The number of aromatic nitrogens is 1. The van der Waals surface area contributed by atoms with E-state index in [1.54, 1.807) is 53.7 Å². The minimum Gasteiger partial charge on any atom is -0.443 e. The normalized spacial score (nSPS) is 13.7. The van der Waals surface area contributed by atoms with E-state index >= 15 is 0 Å². The van der Waals surface area contributed by atoms with Crippen molar-refractivity contribution in [1.82, 2.24) is 15.2 Å². The highest BCUT2D eigenvalue weighted by molar-refractivity contribution is 6.30. The molecule has 9 heteroatoms. The summed E-state index contributed by atoms with van der Waals surface area (Å²) >= 11 is 5.91. The number of amides is 1. The summed E-state index contributed by atoms with van der Waals surface area (Å²) in [6.45, 7) is 0.348. The average Bonchev–Trinajstić information content (AvgIpc) is 2.83. The Morgan fingerprint density at radius 1 is 1.18 bits per heavy atom. The van der Waals surface area contributed by atoms with E-state index in [4.69, 9.17) is 16.3 Å². The number of pyridine rings is 1. The van der Waals surface area contributed by atoms with Gasteiger partial charge in [0, 0.05) is 46.4 Å². The van der Waals surface area contributed by atoms with Crippen molar-refractivity contribution in [2.45, 2.75) is 12.5 Å². The largest absolute Gasteiger partial charge is 0.443 e. The summed E-state index contributed by atoms with van der Waals surface area (Å²) in [6, 6.07) is 14.0. The summed E-state index contributed by atoms with van der Waals surface area (Å²) in [7, 11) is 0. The number of hydrogen-bond acceptors (Lipinski definition) is 6. The van der Waals surface area contributed by atoms with E-state index in [-0.39, 0.29) is 18.7 Å². The molecule has 2 aromatic carbocycles. The summed E-state index contributed by atoms with van der Waals surface area (Å²) in [4.78, 5) is 46.6. The van der Waals surface area contributed by atoms with Gasteiger partial charge in [-0.05, 0) is 42.0 Å². The fourth-order valence-electron chi connectivity index (χ4n) is 3.45. The Kier molecular flexibility index (Phi) is 6.85. The van der Waals surface area contributed by atoms with Gasteiger partial charge in [-0.15, -0.1) is 0 Å². The Bertz CT molecular complexity index is 1280. The molecule has 1 aliphatic rings. The first-order valence-electron chi connectivity index (χ1n) is 10.2. The molecule has 1 amide bonds. The van der Waals surface area contributed by atoms with Crippen LogP contribution in [0.25, 0.3) is 10.9 Å². The molecule has 1 unspecified atom stereocenters. The van der Waals surface area contributed by atoms with Gasteiger partial charge in [-0.3, -0.25) is 14.6 Å². The molecule has 0 saturated carbocycles. The highest BCUT2D eigenvalue weighted by atomic mass is 35.5. The number of para-hydroxylation sites is 1. The number of ether oxygens (including phenoxy) is 1. The van der Waals surface area contributed by atoms with Crippen molar-refractivity contribution in [2.75, 3.05) is 13.4 Å². The second-order valence-corrected chi connectivity index (χ2v) is 7.87. The van der Waals surface area contributed by atoms with Crippen LogP contribution in [0.3, 0.4) is 0 Å². The van der Waals surface area contributed by atoms with Crippen molar-refractivity contribution in [2.24, 2.45) is 4.99 Å². The zero-order chi connectivity index (χ0) is 23.2. The lowest BCUT2D eigenvalue weighted by Crippen LogP contribution is -2.44. The number of allylic oxidation sites excluding steroid dienone is 1. The molecule has 8 nitrogen and oxygen atoms in total. The molecule has 4 rings (SSSR count). The third-order valence-corrected chi connectivity index (χ3v) is 5.33. The fraction of sp³-hybridized carbons (Fsp3) is 0.167. The van der Waals surface area contributed by atoms with Crippen molar-refractivity contribution >= 4 is 40.6 Å². The first-order valence-corrected chi connectivity index (χ1v) is 10.6. The number of hydrogen-bond donors (Lipinski definition) is 2. The van der Waals surface area contributed by atoms with E-state index in [1.807, 2.05) is 18.2 Å². The highest BCUT2D eigenvalue weighted by Crippen LogP contribution is 2.17. The molecule has 0 spiro atoms. The lowest BCUT2D eigenvalue weighted by molar-refractivity contribution is -0.149. The molecule has 2 heterocycles. The number of carbonyl (C=O) groups excluding carboxylic acids is 2. The molecule has 0 saturated heterocycles. The predicted molar refractivity (Wildman–Crippen MR) is 126 cm³/mol. The second-order valence-electron chi connectivity index (χ2n) is 7.44. The minimum atomic E-state index is -1.02. The Balaban J connectivity index is 1.58. The molecule has 0 fully saturated rings. The fourth-order valence-corrected chi connectivity index (χ4v) is 3.58. The number of aliphatic imine (C=N–C) groups is 1. The maximum atomic E-state index is 13.0. The molecule has 168 valence electrons. The van der Waals surface area contributed by atoms with Crippen molar-refractivity contribution < 1.29 is 14.3 Å². The molecule has 33 heavy (non-hydrogen) atoms. The highest BCUT2D eigenvalue weighted by Gasteiger charge is 2.25.